The molecule has 4 rings (SSSR count). The third-order valence-corrected chi connectivity index (χ3v) is 5.07. The average molecular weight is 441 g/mol. The van der Waals surface area contributed by atoms with E-state index in [0.29, 0.717) is 23.8 Å². The molecule has 0 spiro atoms. The number of rotatable bonds is 9. The van der Waals surface area contributed by atoms with Crippen LogP contribution in [0.1, 0.15) is 28.8 Å². The van der Waals surface area contributed by atoms with Crippen molar-refractivity contribution in [2.45, 2.75) is 19.4 Å². The Morgan fingerprint density at radius 2 is 2.03 bits per heavy atom. The normalized spacial score (nSPS) is 13.0. The monoisotopic (exact) mass is 441 g/mol. The third kappa shape index (κ3) is 4.61. The maximum Gasteiger partial charge on any atom is 0.335 e. The molecule has 1 aliphatic carbocycles. The van der Waals surface area contributed by atoms with Crippen LogP contribution in [-0.2, 0) is 6.54 Å². The molecule has 2 aromatic heterocycles. The highest BCUT2D eigenvalue weighted by atomic mass is 19.2. The second-order valence-corrected chi connectivity index (χ2v) is 7.46. The van der Waals surface area contributed by atoms with Crippen LogP contribution < -0.4 is 14.4 Å². The first kappa shape index (κ1) is 21.5. The largest absolute Gasteiger partial charge is 0.489 e. The number of halogens is 2. The number of hydrogen-bond donors (Lipinski definition) is 1. The minimum absolute atomic E-state index is 0.00159. The number of carbonyl (C=O) groups is 1. The fourth-order valence-corrected chi connectivity index (χ4v) is 3.19. The molecule has 1 saturated carbocycles. The number of pyridine rings is 2. The Morgan fingerprint density at radius 3 is 2.69 bits per heavy atom. The van der Waals surface area contributed by atoms with Gasteiger partial charge in [-0.3, -0.25) is 4.98 Å². The van der Waals surface area contributed by atoms with Crippen LogP contribution in [0.25, 0.3) is 0 Å². The molecule has 0 unspecified atom stereocenters. The van der Waals surface area contributed by atoms with E-state index in [1.165, 1.54) is 30.2 Å². The number of aromatic carboxylic acids is 1. The SMILES string of the molecule is COc1c(OCC2CC2)nc(N(Cc2cccnc2)c2cccc(C(=O)O)c2)c(F)c1F. The number of ether oxygens (including phenoxy) is 2. The van der Waals surface area contributed by atoms with Crippen molar-refractivity contribution >= 4 is 17.5 Å². The van der Waals surface area contributed by atoms with Gasteiger partial charge in [-0.2, -0.15) is 13.8 Å². The zero-order chi connectivity index (χ0) is 22.7. The van der Waals surface area contributed by atoms with E-state index in [-0.39, 0.29) is 23.8 Å². The summed E-state index contributed by atoms with van der Waals surface area (Å²) in [5, 5.41) is 9.38. The zero-order valence-corrected chi connectivity index (χ0v) is 17.3. The van der Waals surface area contributed by atoms with Crippen LogP contribution in [0.2, 0.25) is 0 Å². The maximum atomic E-state index is 15.2. The van der Waals surface area contributed by atoms with Gasteiger partial charge in [-0.05, 0) is 48.6 Å². The molecule has 32 heavy (non-hydrogen) atoms. The standard InChI is InChI=1S/C23H21F2N3O4/c1-31-20-18(24)19(25)21(27-22(20)32-13-14-7-8-14)28(12-15-4-3-9-26-11-15)17-6-2-5-16(10-17)23(29)30/h2-6,9-11,14H,7-8,12-13H2,1H3,(H,29,30). The molecule has 2 heterocycles. The van der Waals surface area contributed by atoms with E-state index in [4.69, 9.17) is 9.47 Å². The van der Waals surface area contributed by atoms with Crippen LogP contribution in [0.15, 0.2) is 48.8 Å². The van der Waals surface area contributed by atoms with Gasteiger partial charge in [0.2, 0.25) is 17.4 Å². The van der Waals surface area contributed by atoms with Crippen molar-refractivity contribution in [3.63, 3.8) is 0 Å². The molecule has 0 radical (unpaired) electrons. The minimum atomic E-state index is -1.23. The van der Waals surface area contributed by atoms with E-state index in [2.05, 4.69) is 9.97 Å². The molecule has 7 nitrogen and oxygen atoms in total. The topological polar surface area (TPSA) is 84.8 Å². The van der Waals surface area contributed by atoms with Gasteiger partial charge < -0.3 is 19.5 Å². The highest BCUT2D eigenvalue weighted by molar-refractivity contribution is 5.89. The van der Waals surface area contributed by atoms with Gasteiger partial charge in [-0.25, -0.2) is 4.79 Å². The summed E-state index contributed by atoms with van der Waals surface area (Å²) >= 11 is 0. The van der Waals surface area contributed by atoms with Crippen molar-refractivity contribution in [1.82, 2.24) is 9.97 Å². The smallest absolute Gasteiger partial charge is 0.335 e. The number of benzene rings is 1. The first-order valence-electron chi connectivity index (χ1n) is 10.0. The summed E-state index contributed by atoms with van der Waals surface area (Å²) in [7, 11) is 1.22. The summed E-state index contributed by atoms with van der Waals surface area (Å²) in [6.45, 7) is 0.389. The lowest BCUT2D eigenvalue weighted by atomic mass is 10.1. The number of carboxylic acid groups (broad SMARTS) is 1. The van der Waals surface area contributed by atoms with Crippen molar-refractivity contribution in [3.8, 4) is 11.6 Å². The Balaban J connectivity index is 1.82. The zero-order valence-electron chi connectivity index (χ0n) is 17.3. The van der Waals surface area contributed by atoms with Crippen LogP contribution in [0.3, 0.4) is 0 Å². The van der Waals surface area contributed by atoms with Crippen LogP contribution in [0.4, 0.5) is 20.3 Å². The van der Waals surface area contributed by atoms with Crippen molar-refractivity contribution in [2.75, 3.05) is 18.6 Å². The minimum Gasteiger partial charge on any atom is -0.489 e. The van der Waals surface area contributed by atoms with Gasteiger partial charge in [0.25, 0.3) is 5.88 Å². The number of aromatic nitrogens is 2. The van der Waals surface area contributed by atoms with Crippen LogP contribution in [-0.4, -0.2) is 34.8 Å². The van der Waals surface area contributed by atoms with Crippen molar-refractivity contribution in [3.05, 3.63) is 71.6 Å². The molecule has 0 bridgehead atoms. The number of anilines is 2. The highest BCUT2D eigenvalue weighted by Gasteiger charge is 2.29. The lowest BCUT2D eigenvalue weighted by Crippen LogP contribution is -2.21. The fraction of sp³-hybridized carbons (Fsp3) is 0.261. The second kappa shape index (κ2) is 9.17. The fourth-order valence-electron chi connectivity index (χ4n) is 3.19. The summed E-state index contributed by atoms with van der Waals surface area (Å²) in [6.07, 6.45) is 5.19. The van der Waals surface area contributed by atoms with E-state index in [0.717, 1.165) is 12.8 Å². The quantitative estimate of drug-likeness (QED) is 0.520. The van der Waals surface area contributed by atoms with Gasteiger partial charge in [0.1, 0.15) is 0 Å². The summed E-state index contributed by atoms with van der Waals surface area (Å²) in [6, 6.07) is 9.38. The van der Waals surface area contributed by atoms with Crippen LogP contribution in [0.5, 0.6) is 11.6 Å². The van der Waals surface area contributed by atoms with Gasteiger partial charge in [0.05, 0.1) is 25.8 Å². The average Bonchev–Trinajstić information content (AvgIpc) is 3.64. The summed E-state index contributed by atoms with van der Waals surface area (Å²) < 4.78 is 40.8. The van der Waals surface area contributed by atoms with Gasteiger partial charge in [-0.1, -0.05) is 12.1 Å². The maximum absolute atomic E-state index is 15.2. The predicted molar refractivity (Wildman–Crippen MR) is 112 cm³/mol. The molecule has 0 amide bonds. The summed E-state index contributed by atoms with van der Waals surface area (Å²) in [5.41, 5.74) is 1.00. The third-order valence-electron chi connectivity index (χ3n) is 5.07. The Bertz CT molecular complexity index is 1120. The summed E-state index contributed by atoms with van der Waals surface area (Å²) in [5.74, 6) is -4.15. The highest BCUT2D eigenvalue weighted by Crippen LogP contribution is 2.39. The van der Waals surface area contributed by atoms with Crippen LogP contribution in [0, 0.1) is 17.6 Å². The molecule has 1 fully saturated rings. The van der Waals surface area contributed by atoms with Gasteiger partial charge >= 0.3 is 5.97 Å². The molecule has 166 valence electrons. The Labute approximate surface area is 183 Å². The van der Waals surface area contributed by atoms with Gasteiger partial charge in [0.15, 0.2) is 5.82 Å². The van der Waals surface area contributed by atoms with Gasteiger partial charge in [0, 0.05) is 18.1 Å². The Hall–Kier alpha value is -3.75. The lowest BCUT2D eigenvalue weighted by Gasteiger charge is -2.26. The molecule has 0 aliphatic heterocycles. The number of hydrogen-bond acceptors (Lipinski definition) is 6. The number of nitrogens with zero attached hydrogens (tertiary/aromatic N) is 3. The molecule has 3 aromatic rings. The first-order valence-corrected chi connectivity index (χ1v) is 10.0. The molecule has 0 saturated heterocycles. The molecule has 1 N–H and O–H groups in total. The molecule has 1 aromatic carbocycles. The van der Waals surface area contributed by atoms with E-state index in [1.807, 2.05) is 0 Å². The van der Waals surface area contributed by atoms with Crippen molar-refractivity contribution in [2.24, 2.45) is 5.92 Å². The first-order chi connectivity index (χ1) is 15.5. The molecule has 0 atom stereocenters. The van der Waals surface area contributed by atoms with E-state index >= 15 is 4.39 Å². The van der Waals surface area contributed by atoms with Gasteiger partial charge in [-0.15, -0.1) is 0 Å². The number of methoxy groups -OCH3 is 1. The Kier molecular flexibility index (Phi) is 6.16. The molecular weight excluding hydrogens is 420 g/mol. The van der Waals surface area contributed by atoms with Crippen molar-refractivity contribution < 1.29 is 28.2 Å². The molecule has 1 aliphatic rings. The predicted octanol–water partition coefficient (Wildman–Crippen LogP) is 4.59. The Morgan fingerprint density at radius 1 is 1.22 bits per heavy atom. The van der Waals surface area contributed by atoms with Crippen molar-refractivity contribution in [1.29, 1.82) is 0 Å². The van der Waals surface area contributed by atoms with E-state index in [9.17, 15) is 14.3 Å². The number of carboxylic acids is 1. The second-order valence-electron chi connectivity index (χ2n) is 7.46. The summed E-state index contributed by atoms with van der Waals surface area (Å²) in [4.78, 5) is 21.2. The van der Waals surface area contributed by atoms with Crippen LogP contribution >= 0.6 is 0 Å². The van der Waals surface area contributed by atoms with E-state index < -0.39 is 23.4 Å². The van der Waals surface area contributed by atoms with E-state index in [1.54, 1.807) is 30.6 Å². The lowest BCUT2D eigenvalue weighted by molar-refractivity contribution is 0.0697. The molecular formula is C23H21F2N3O4. The molecule has 9 heteroatoms.